The van der Waals surface area contributed by atoms with Gasteiger partial charge in [0.05, 0.1) is 22.5 Å². The van der Waals surface area contributed by atoms with E-state index in [1.54, 1.807) is 38.4 Å². The first-order valence-electron chi connectivity index (χ1n) is 9.25. The molecule has 0 saturated heterocycles. The van der Waals surface area contributed by atoms with Gasteiger partial charge in [0.2, 0.25) is 0 Å². The summed E-state index contributed by atoms with van der Waals surface area (Å²) in [4.78, 5) is 14.2. The van der Waals surface area contributed by atoms with Crippen molar-refractivity contribution in [3.8, 4) is 0 Å². The van der Waals surface area contributed by atoms with E-state index in [-0.39, 0.29) is 16.3 Å². The van der Waals surface area contributed by atoms with Gasteiger partial charge in [-0.3, -0.25) is 25.2 Å². The van der Waals surface area contributed by atoms with Crippen LogP contribution in [0.15, 0.2) is 64.9 Å². The van der Waals surface area contributed by atoms with Crippen molar-refractivity contribution in [2.45, 2.75) is 25.7 Å². The van der Waals surface area contributed by atoms with Crippen LogP contribution in [0.2, 0.25) is 0 Å². The molecular formula is C21H21N5O4S. The lowest BCUT2D eigenvalue weighted by molar-refractivity contribution is -0.385. The Morgan fingerprint density at radius 2 is 1.68 bits per heavy atom. The second kappa shape index (κ2) is 8.92. The molecule has 3 aromatic rings. The van der Waals surface area contributed by atoms with E-state index in [0.29, 0.717) is 5.69 Å². The number of nitrogens with zero attached hydrogens (tertiary/aromatic N) is 3. The molecule has 1 aromatic heterocycles. The van der Waals surface area contributed by atoms with Crippen LogP contribution in [0, 0.1) is 30.9 Å². The number of non-ortho nitro benzene ring substituents is 1. The molecule has 10 heteroatoms. The third kappa shape index (κ3) is 5.23. The van der Waals surface area contributed by atoms with Gasteiger partial charge in [-0.15, -0.1) is 0 Å². The maximum absolute atomic E-state index is 13.2. The molecule has 0 aliphatic rings. The topological polar surface area (TPSA) is 127 Å². The largest absolute Gasteiger partial charge is 0.279 e. The summed E-state index contributed by atoms with van der Waals surface area (Å²) < 4.78 is 28.9. The lowest BCUT2D eigenvalue weighted by atomic mass is 10.1. The molecule has 31 heavy (non-hydrogen) atoms. The molecule has 0 bridgehead atoms. The molecule has 9 nitrogen and oxygen atoms in total. The molecule has 160 valence electrons. The first-order valence-corrected chi connectivity index (χ1v) is 10.7. The highest BCUT2D eigenvalue weighted by Gasteiger charge is 2.24. The highest BCUT2D eigenvalue weighted by Crippen LogP contribution is 2.30. The van der Waals surface area contributed by atoms with Crippen LogP contribution in [0.5, 0.6) is 0 Å². The van der Waals surface area contributed by atoms with Crippen molar-refractivity contribution < 1.29 is 13.3 Å². The number of hydrazone groups is 1. The summed E-state index contributed by atoms with van der Waals surface area (Å²) in [6, 6.07) is 10.7. The fourth-order valence-electron chi connectivity index (χ4n) is 3.10. The molecule has 2 aromatic carbocycles. The van der Waals surface area contributed by atoms with E-state index in [2.05, 4.69) is 20.2 Å². The van der Waals surface area contributed by atoms with E-state index < -0.39 is 14.9 Å². The SMILES string of the molecule is Cc1cc(C)c(NS(=O)(=O)c2cc([N+](=O)[O-])ccc2N/N=C\c2ccncc2)c(C)c1. The molecular weight excluding hydrogens is 418 g/mol. The molecule has 0 aliphatic carbocycles. The molecule has 1 heterocycles. The smallest absolute Gasteiger partial charge is 0.270 e. The van der Waals surface area contributed by atoms with Gasteiger partial charge in [0.15, 0.2) is 0 Å². The molecule has 0 spiro atoms. The number of rotatable bonds is 7. The highest BCUT2D eigenvalue weighted by molar-refractivity contribution is 7.93. The quantitative estimate of drug-likeness (QED) is 0.323. The van der Waals surface area contributed by atoms with E-state index in [1.807, 2.05) is 19.1 Å². The zero-order valence-electron chi connectivity index (χ0n) is 17.2. The number of aryl methyl sites for hydroxylation is 3. The first-order chi connectivity index (χ1) is 14.7. The number of sulfonamides is 1. The average molecular weight is 439 g/mol. The molecule has 0 saturated carbocycles. The Bertz CT molecular complexity index is 1240. The van der Waals surface area contributed by atoms with Crippen LogP contribution in [0.25, 0.3) is 0 Å². The van der Waals surface area contributed by atoms with Gasteiger partial charge < -0.3 is 0 Å². The van der Waals surface area contributed by atoms with Crippen molar-refractivity contribution in [3.63, 3.8) is 0 Å². The normalized spacial score (nSPS) is 11.5. The molecule has 0 atom stereocenters. The molecule has 0 radical (unpaired) electrons. The summed E-state index contributed by atoms with van der Waals surface area (Å²) in [5, 5.41) is 15.3. The number of anilines is 2. The van der Waals surface area contributed by atoms with E-state index in [1.165, 1.54) is 18.3 Å². The van der Waals surface area contributed by atoms with Crippen LogP contribution < -0.4 is 10.1 Å². The van der Waals surface area contributed by atoms with Gasteiger partial charge in [-0.2, -0.15) is 5.10 Å². The number of nitro benzene ring substituents is 1. The van der Waals surface area contributed by atoms with Crippen LogP contribution >= 0.6 is 0 Å². The van der Waals surface area contributed by atoms with Gasteiger partial charge >= 0.3 is 0 Å². The second-order valence-electron chi connectivity index (χ2n) is 6.97. The highest BCUT2D eigenvalue weighted by atomic mass is 32.2. The summed E-state index contributed by atoms with van der Waals surface area (Å²) >= 11 is 0. The summed E-state index contributed by atoms with van der Waals surface area (Å²) in [6.07, 6.45) is 4.68. The number of pyridine rings is 1. The number of hydrogen-bond acceptors (Lipinski definition) is 7. The summed E-state index contributed by atoms with van der Waals surface area (Å²) in [5.74, 6) is 0. The first kappa shape index (κ1) is 21.9. The van der Waals surface area contributed by atoms with Crippen molar-refractivity contribution >= 4 is 33.3 Å². The van der Waals surface area contributed by atoms with E-state index in [0.717, 1.165) is 28.3 Å². The number of nitrogens with one attached hydrogen (secondary N) is 2. The number of hydrogen-bond donors (Lipinski definition) is 2. The van der Waals surface area contributed by atoms with Gasteiger partial charge in [0.25, 0.3) is 15.7 Å². The van der Waals surface area contributed by atoms with Gasteiger partial charge in [0.1, 0.15) is 4.90 Å². The van der Waals surface area contributed by atoms with Crippen molar-refractivity contribution in [1.29, 1.82) is 0 Å². The summed E-state index contributed by atoms with van der Waals surface area (Å²) in [6.45, 7) is 5.51. The van der Waals surface area contributed by atoms with E-state index >= 15 is 0 Å². The van der Waals surface area contributed by atoms with Crippen LogP contribution in [0.3, 0.4) is 0 Å². The van der Waals surface area contributed by atoms with Crippen LogP contribution in [-0.2, 0) is 10.0 Å². The van der Waals surface area contributed by atoms with Crippen LogP contribution in [0.4, 0.5) is 17.1 Å². The molecule has 2 N–H and O–H groups in total. The lowest BCUT2D eigenvalue weighted by Crippen LogP contribution is -2.16. The number of aromatic nitrogens is 1. The van der Waals surface area contributed by atoms with Gasteiger partial charge in [-0.25, -0.2) is 8.42 Å². The number of nitro groups is 1. The Kier molecular flexibility index (Phi) is 6.30. The average Bonchev–Trinajstić information content (AvgIpc) is 2.71. The Labute approximate surface area is 180 Å². The standard InChI is InChI=1S/C21H21N5O4S/c1-14-10-15(2)21(16(3)11-14)25-31(29,30)20-12-18(26(27)28)4-5-19(20)24-23-13-17-6-8-22-9-7-17/h4-13,24-25H,1-3H3/b23-13-. The third-order valence-corrected chi connectivity index (χ3v) is 5.87. The predicted molar refractivity (Wildman–Crippen MR) is 120 cm³/mol. The molecule has 0 unspecified atom stereocenters. The summed E-state index contributed by atoms with van der Waals surface area (Å²) in [7, 11) is -4.15. The van der Waals surface area contributed by atoms with Crippen LogP contribution in [-0.4, -0.2) is 24.5 Å². The monoisotopic (exact) mass is 439 g/mol. The number of benzene rings is 2. The van der Waals surface area contributed by atoms with Crippen LogP contribution in [0.1, 0.15) is 22.3 Å². The maximum Gasteiger partial charge on any atom is 0.270 e. The second-order valence-corrected chi connectivity index (χ2v) is 8.62. The van der Waals surface area contributed by atoms with Crippen molar-refractivity contribution in [2.24, 2.45) is 5.10 Å². The Morgan fingerprint density at radius 1 is 1.03 bits per heavy atom. The van der Waals surface area contributed by atoms with Crippen molar-refractivity contribution in [1.82, 2.24) is 4.98 Å². The molecule has 0 aliphatic heterocycles. The maximum atomic E-state index is 13.2. The molecule has 3 rings (SSSR count). The van der Waals surface area contributed by atoms with Gasteiger partial charge in [0, 0.05) is 24.5 Å². The minimum Gasteiger partial charge on any atom is -0.279 e. The fourth-order valence-corrected chi connectivity index (χ4v) is 4.48. The van der Waals surface area contributed by atoms with Gasteiger partial charge in [-0.1, -0.05) is 17.7 Å². The van der Waals surface area contributed by atoms with E-state index in [9.17, 15) is 18.5 Å². The Hall–Kier alpha value is -3.79. The summed E-state index contributed by atoms with van der Waals surface area (Å²) in [5.41, 5.74) is 6.10. The Morgan fingerprint density at radius 3 is 2.29 bits per heavy atom. The zero-order valence-corrected chi connectivity index (χ0v) is 18.0. The lowest BCUT2D eigenvalue weighted by Gasteiger charge is -2.16. The fraction of sp³-hybridized carbons (Fsp3) is 0.143. The van der Waals surface area contributed by atoms with Crippen molar-refractivity contribution in [3.05, 3.63) is 87.2 Å². The molecule has 0 fully saturated rings. The zero-order chi connectivity index (χ0) is 22.6. The minimum atomic E-state index is -4.15. The van der Waals surface area contributed by atoms with Crippen molar-refractivity contribution in [2.75, 3.05) is 10.1 Å². The van der Waals surface area contributed by atoms with E-state index in [4.69, 9.17) is 0 Å². The predicted octanol–water partition coefficient (Wildman–Crippen LogP) is 4.16. The Balaban J connectivity index is 2.00. The van der Waals surface area contributed by atoms with Gasteiger partial charge in [-0.05, 0) is 55.7 Å². The minimum absolute atomic E-state index is 0.103. The molecule has 0 amide bonds. The third-order valence-electron chi connectivity index (χ3n) is 4.48.